The lowest BCUT2D eigenvalue weighted by molar-refractivity contribution is 0.103. The molecular formula is C22H16N2O3. The quantitative estimate of drug-likeness (QED) is 0.564. The van der Waals surface area contributed by atoms with Crippen LogP contribution >= 0.6 is 0 Å². The lowest BCUT2D eigenvalue weighted by Gasteiger charge is -2.06. The highest BCUT2D eigenvalue weighted by Crippen LogP contribution is 2.21. The minimum absolute atomic E-state index is 0.0866. The standard InChI is InChI=1S/C22H16N2O3/c1-27-17-10-7-14(8-11-17)20-22(26)24-18-12-9-16(13-19(18)23-20)21(25)15-5-3-2-4-6-15/h2-13H,1H3,(H,24,26). The number of methoxy groups -OCH3 is 1. The van der Waals surface area contributed by atoms with Crippen molar-refractivity contribution in [3.05, 3.63) is 94.3 Å². The van der Waals surface area contributed by atoms with Crippen molar-refractivity contribution in [3.8, 4) is 17.0 Å². The summed E-state index contributed by atoms with van der Waals surface area (Å²) in [6, 6.07) is 21.3. The molecule has 0 fully saturated rings. The van der Waals surface area contributed by atoms with E-state index in [4.69, 9.17) is 4.74 Å². The molecule has 0 saturated carbocycles. The second kappa shape index (κ2) is 6.88. The lowest BCUT2D eigenvalue weighted by atomic mass is 10.0. The number of H-pyrrole nitrogens is 1. The Hall–Kier alpha value is -3.73. The van der Waals surface area contributed by atoms with Crippen molar-refractivity contribution in [2.24, 2.45) is 0 Å². The SMILES string of the molecule is COc1ccc(-c2nc3cc(C(=O)c4ccccc4)ccc3[nH]c2=O)cc1. The largest absolute Gasteiger partial charge is 0.497 e. The molecule has 0 saturated heterocycles. The van der Waals surface area contributed by atoms with Crippen molar-refractivity contribution in [3.63, 3.8) is 0 Å². The predicted octanol–water partition coefficient (Wildman–Crippen LogP) is 3.83. The number of aromatic nitrogens is 2. The Bertz CT molecular complexity index is 1180. The van der Waals surface area contributed by atoms with Gasteiger partial charge >= 0.3 is 0 Å². The Balaban J connectivity index is 1.80. The molecule has 0 spiro atoms. The summed E-state index contributed by atoms with van der Waals surface area (Å²) in [4.78, 5) is 32.4. The molecule has 0 unspecified atom stereocenters. The van der Waals surface area contributed by atoms with Gasteiger partial charge in [0.15, 0.2) is 5.78 Å². The van der Waals surface area contributed by atoms with Crippen LogP contribution in [0.4, 0.5) is 0 Å². The number of ketones is 1. The van der Waals surface area contributed by atoms with Crippen LogP contribution in [0.1, 0.15) is 15.9 Å². The summed E-state index contributed by atoms with van der Waals surface area (Å²) in [5, 5.41) is 0. The molecule has 1 N–H and O–H groups in total. The van der Waals surface area contributed by atoms with Gasteiger partial charge in [-0.05, 0) is 42.5 Å². The van der Waals surface area contributed by atoms with Crippen molar-refractivity contribution in [2.45, 2.75) is 0 Å². The van der Waals surface area contributed by atoms with E-state index in [0.29, 0.717) is 39.2 Å². The van der Waals surface area contributed by atoms with Gasteiger partial charge < -0.3 is 9.72 Å². The van der Waals surface area contributed by atoms with E-state index in [2.05, 4.69) is 9.97 Å². The van der Waals surface area contributed by atoms with E-state index in [9.17, 15) is 9.59 Å². The van der Waals surface area contributed by atoms with Crippen molar-refractivity contribution in [1.82, 2.24) is 9.97 Å². The zero-order valence-electron chi connectivity index (χ0n) is 14.6. The highest BCUT2D eigenvalue weighted by atomic mass is 16.5. The third-order valence-electron chi connectivity index (χ3n) is 4.35. The van der Waals surface area contributed by atoms with E-state index >= 15 is 0 Å². The first kappa shape index (κ1) is 16.7. The summed E-state index contributed by atoms with van der Waals surface area (Å²) in [7, 11) is 1.58. The van der Waals surface area contributed by atoms with E-state index in [1.165, 1.54) is 0 Å². The van der Waals surface area contributed by atoms with Crippen molar-refractivity contribution < 1.29 is 9.53 Å². The number of nitrogens with one attached hydrogen (secondary N) is 1. The number of hydrogen-bond acceptors (Lipinski definition) is 4. The average molecular weight is 356 g/mol. The minimum atomic E-state index is -0.283. The van der Waals surface area contributed by atoms with Crippen molar-refractivity contribution in [1.29, 1.82) is 0 Å². The van der Waals surface area contributed by atoms with Gasteiger partial charge in [0.05, 0.1) is 18.1 Å². The highest BCUT2D eigenvalue weighted by Gasteiger charge is 2.12. The molecule has 4 rings (SSSR count). The first-order valence-corrected chi connectivity index (χ1v) is 8.44. The molecular weight excluding hydrogens is 340 g/mol. The highest BCUT2D eigenvalue weighted by molar-refractivity contribution is 6.10. The smallest absolute Gasteiger partial charge is 0.274 e. The number of aromatic amines is 1. The fourth-order valence-electron chi connectivity index (χ4n) is 2.92. The molecule has 5 heteroatoms. The molecule has 0 bridgehead atoms. The van der Waals surface area contributed by atoms with E-state index in [-0.39, 0.29) is 11.3 Å². The Morgan fingerprint density at radius 1 is 0.926 bits per heavy atom. The van der Waals surface area contributed by atoms with Gasteiger partial charge in [0, 0.05) is 16.7 Å². The van der Waals surface area contributed by atoms with Crippen LogP contribution in [0.3, 0.4) is 0 Å². The average Bonchev–Trinajstić information content (AvgIpc) is 2.73. The molecule has 1 heterocycles. The minimum Gasteiger partial charge on any atom is -0.497 e. The lowest BCUT2D eigenvalue weighted by Crippen LogP contribution is -2.12. The molecule has 0 aliphatic carbocycles. The van der Waals surface area contributed by atoms with Gasteiger partial charge in [0.25, 0.3) is 5.56 Å². The summed E-state index contributed by atoms with van der Waals surface area (Å²) in [6.07, 6.45) is 0. The van der Waals surface area contributed by atoms with Gasteiger partial charge in [0.1, 0.15) is 11.4 Å². The first-order valence-electron chi connectivity index (χ1n) is 8.44. The second-order valence-electron chi connectivity index (χ2n) is 6.07. The third-order valence-corrected chi connectivity index (χ3v) is 4.35. The Kier molecular flexibility index (Phi) is 4.26. The van der Waals surface area contributed by atoms with Gasteiger partial charge in [-0.2, -0.15) is 0 Å². The maximum absolute atomic E-state index is 12.7. The van der Waals surface area contributed by atoms with E-state index in [0.717, 1.165) is 0 Å². The molecule has 132 valence electrons. The maximum atomic E-state index is 12.7. The van der Waals surface area contributed by atoms with Crippen LogP contribution in [0, 0.1) is 0 Å². The van der Waals surface area contributed by atoms with Gasteiger partial charge in [-0.25, -0.2) is 4.98 Å². The zero-order chi connectivity index (χ0) is 18.8. The third kappa shape index (κ3) is 3.22. The normalized spacial score (nSPS) is 10.7. The van der Waals surface area contributed by atoms with Crippen molar-refractivity contribution in [2.75, 3.05) is 7.11 Å². The monoisotopic (exact) mass is 356 g/mol. The molecule has 0 aliphatic rings. The van der Waals surface area contributed by atoms with Crippen LogP contribution in [-0.2, 0) is 0 Å². The molecule has 0 atom stereocenters. The van der Waals surface area contributed by atoms with E-state index in [1.54, 1.807) is 61.7 Å². The number of ether oxygens (including phenoxy) is 1. The molecule has 0 radical (unpaired) electrons. The zero-order valence-corrected chi connectivity index (χ0v) is 14.6. The molecule has 27 heavy (non-hydrogen) atoms. The van der Waals surface area contributed by atoms with Crippen LogP contribution in [0.2, 0.25) is 0 Å². The van der Waals surface area contributed by atoms with Crippen LogP contribution < -0.4 is 10.3 Å². The van der Waals surface area contributed by atoms with E-state index < -0.39 is 0 Å². The molecule has 0 aliphatic heterocycles. The molecule has 1 aromatic heterocycles. The topological polar surface area (TPSA) is 72.0 Å². The van der Waals surface area contributed by atoms with Crippen LogP contribution in [0.5, 0.6) is 5.75 Å². The Morgan fingerprint density at radius 3 is 2.37 bits per heavy atom. The number of rotatable bonds is 4. The van der Waals surface area contributed by atoms with Gasteiger partial charge in [-0.15, -0.1) is 0 Å². The summed E-state index contributed by atoms with van der Waals surface area (Å²) >= 11 is 0. The molecule has 0 amide bonds. The fourth-order valence-corrected chi connectivity index (χ4v) is 2.92. The molecule has 5 nitrogen and oxygen atoms in total. The summed E-state index contributed by atoms with van der Waals surface area (Å²) < 4.78 is 5.15. The van der Waals surface area contributed by atoms with E-state index in [1.807, 2.05) is 18.2 Å². The van der Waals surface area contributed by atoms with Gasteiger partial charge in [0.2, 0.25) is 0 Å². The van der Waals surface area contributed by atoms with Gasteiger partial charge in [-0.3, -0.25) is 9.59 Å². The number of nitrogens with zero attached hydrogens (tertiary/aromatic N) is 1. The Morgan fingerprint density at radius 2 is 1.67 bits per heavy atom. The first-order chi connectivity index (χ1) is 13.2. The van der Waals surface area contributed by atoms with Crippen LogP contribution in [0.25, 0.3) is 22.3 Å². The summed E-state index contributed by atoms with van der Waals surface area (Å²) in [5.41, 5.74) is 2.97. The molecule has 3 aromatic carbocycles. The van der Waals surface area contributed by atoms with Gasteiger partial charge in [-0.1, -0.05) is 30.3 Å². The molecule has 4 aromatic rings. The number of carbonyl (C=O) groups is 1. The number of benzene rings is 3. The number of fused-ring (bicyclic) bond motifs is 1. The second-order valence-corrected chi connectivity index (χ2v) is 6.07. The summed E-state index contributed by atoms with van der Waals surface area (Å²) in [5.74, 6) is 0.614. The number of hydrogen-bond donors (Lipinski definition) is 1. The fraction of sp³-hybridized carbons (Fsp3) is 0.0455. The predicted molar refractivity (Wildman–Crippen MR) is 104 cm³/mol. The maximum Gasteiger partial charge on any atom is 0.274 e. The number of carbonyl (C=O) groups excluding carboxylic acids is 1. The Labute approximate surface area is 155 Å². The summed E-state index contributed by atoms with van der Waals surface area (Å²) in [6.45, 7) is 0. The van der Waals surface area contributed by atoms with Crippen LogP contribution in [0.15, 0.2) is 77.6 Å². The van der Waals surface area contributed by atoms with Crippen LogP contribution in [-0.4, -0.2) is 22.9 Å². The van der Waals surface area contributed by atoms with Crippen molar-refractivity contribution >= 4 is 16.8 Å².